The summed E-state index contributed by atoms with van der Waals surface area (Å²) in [5.41, 5.74) is 1.40. The number of benzene rings is 1. The quantitative estimate of drug-likeness (QED) is 0.796. The average Bonchev–Trinajstić information content (AvgIpc) is 3.02. The minimum Gasteiger partial charge on any atom is -0.504 e. The van der Waals surface area contributed by atoms with E-state index < -0.39 is 0 Å². The second-order valence-corrected chi connectivity index (χ2v) is 5.11. The maximum Gasteiger partial charge on any atom is 0.162 e. The minimum atomic E-state index is 0.266. The van der Waals surface area contributed by atoms with Crippen molar-refractivity contribution in [2.24, 2.45) is 5.41 Å². The van der Waals surface area contributed by atoms with E-state index in [-0.39, 0.29) is 5.75 Å². The van der Waals surface area contributed by atoms with Crippen LogP contribution >= 0.6 is 0 Å². The normalized spacial score (nSPS) is 16.8. The molecule has 0 aliphatic heterocycles. The van der Waals surface area contributed by atoms with Crippen LogP contribution in [0.4, 0.5) is 0 Å². The van der Waals surface area contributed by atoms with Gasteiger partial charge in [0, 0.05) is 18.7 Å². The molecular weight excluding hydrogens is 214 g/mol. The number of hydrogen-bond acceptors (Lipinski definition) is 3. The summed E-state index contributed by atoms with van der Waals surface area (Å²) in [7, 11) is 0. The third-order valence-corrected chi connectivity index (χ3v) is 3.35. The topological polar surface area (TPSA) is 41.5 Å². The van der Waals surface area contributed by atoms with Crippen molar-refractivity contribution in [2.45, 2.75) is 33.2 Å². The van der Waals surface area contributed by atoms with E-state index in [0.717, 1.165) is 12.1 Å². The highest BCUT2D eigenvalue weighted by atomic mass is 16.5. The third kappa shape index (κ3) is 3.13. The van der Waals surface area contributed by atoms with Gasteiger partial charge in [-0.2, -0.15) is 0 Å². The largest absolute Gasteiger partial charge is 0.504 e. The molecule has 17 heavy (non-hydrogen) atoms. The van der Waals surface area contributed by atoms with Crippen molar-refractivity contribution >= 4 is 0 Å². The van der Waals surface area contributed by atoms with Gasteiger partial charge in [-0.15, -0.1) is 0 Å². The Hall–Kier alpha value is -1.22. The van der Waals surface area contributed by atoms with Crippen LogP contribution in [-0.2, 0) is 6.54 Å². The number of nitrogens with one attached hydrogen (secondary N) is 1. The SMILES string of the molecule is CCOc1cccc(CNCC2(C)CC2)c1O. The molecule has 1 aliphatic rings. The van der Waals surface area contributed by atoms with Crippen molar-refractivity contribution in [3.05, 3.63) is 23.8 Å². The highest BCUT2D eigenvalue weighted by Crippen LogP contribution is 2.44. The first-order valence-corrected chi connectivity index (χ1v) is 6.29. The Balaban J connectivity index is 1.92. The molecule has 3 nitrogen and oxygen atoms in total. The van der Waals surface area contributed by atoms with Gasteiger partial charge in [0.05, 0.1) is 6.61 Å². The summed E-state index contributed by atoms with van der Waals surface area (Å²) in [5, 5.41) is 13.4. The lowest BCUT2D eigenvalue weighted by Gasteiger charge is -2.13. The van der Waals surface area contributed by atoms with Gasteiger partial charge in [-0.3, -0.25) is 0 Å². The number of phenolic OH excluding ortho intramolecular Hbond substituents is 1. The monoisotopic (exact) mass is 235 g/mol. The van der Waals surface area contributed by atoms with Crippen LogP contribution in [-0.4, -0.2) is 18.3 Å². The molecule has 0 heterocycles. The molecule has 0 saturated heterocycles. The first-order chi connectivity index (χ1) is 8.14. The van der Waals surface area contributed by atoms with E-state index in [9.17, 15) is 5.11 Å². The molecule has 1 aromatic carbocycles. The van der Waals surface area contributed by atoms with Crippen LogP contribution < -0.4 is 10.1 Å². The predicted molar refractivity (Wildman–Crippen MR) is 68.3 cm³/mol. The molecule has 0 spiro atoms. The van der Waals surface area contributed by atoms with Crippen LogP contribution in [0.3, 0.4) is 0 Å². The van der Waals surface area contributed by atoms with Crippen LogP contribution in [0.25, 0.3) is 0 Å². The van der Waals surface area contributed by atoms with Gasteiger partial charge in [-0.1, -0.05) is 19.1 Å². The first kappa shape index (κ1) is 12.2. The van der Waals surface area contributed by atoms with E-state index >= 15 is 0 Å². The maximum atomic E-state index is 10.00. The van der Waals surface area contributed by atoms with Crippen molar-refractivity contribution in [2.75, 3.05) is 13.2 Å². The van der Waals surface area contributed by atoms with Gasteiger partial charge in [-0.05, 0) is 31.2 Å². The molecule has 1 saturated carbocycles. The van der Waals surface area contributed by atoms with E-state index in [2.05, 4.69) is 12.2 Å². The second-order valence-electron chi connectivity index (χ2n) is 5.11. The molecule has 0 atom stereocenters. The molecule has 0 unspecified atom stereocenters. The van der Waals surface area contributed by atoms with Crippen LogP contribution in [0.15, 0.2) is 18.2 Å². The van der Waals surface area contributed by atoms with Crippen molar-refractivity contribution in [1.29, 1.82) is 0 Å². The number of rotatable bonds is 6. The average molecular weight is 235 g/mol. The Morgan fingerprint density at radius 1 is 1.41 bits per heavy atom. The van der Waals surface area contributed by atoms with E-state index in [4.69, 9.17) is 4.74 Å². The molecule has 94 valence electrons. The van der Waals surface area contributed by atoms with E-state index in [1.807, 2.05) is 19.1 Å². The lowest BCUT2D eigenvalue weighted by atomic mass is 10.1. The Morgan fingerprint density at radius 3 is 2.82 bits per heavy atom. The van der Waals surface area contributed by atoms with E-state index in [1.165, 1.54) is 12.8 Å². The smallest absolute Gasteiger partial charge is 0.162 e. The molecule has 0 amide bonds. The van der Waals surface area contributed by atoms with Gasteiger partial charge >= 0.3 is 0 Å². The van der Waals surface area contributed by atoms with Crippen LogP contribution in [0.5, 0.6) is 11.5 Å². The predicted octanol–water partition coefficient (Wildman–Crippen LogP) is 2.68. The highest BCUT2D eigenvalue weighted by Gasteiger charge is 2.36. The van der Waals surface area contributed by atoms with Gasteiger partial charge in [0.2, 0.25) is 0 Å². The molecule has 2 rings (SSSR count). The lowest BCUT2D eigenvalue weighted by Crippen LogP contribution is -2.21. The summed E-state index contributed by atoms with van der Waals surface area (Å²) in [5.74, 6) is 0.840. The number of phenols is 1. The zero-order chi connectivity index (χ0) is 12.3. The summed E-state index contributed by atoms with van der Waals surface area (Å²) >= 11 is 0. The maximum absolute atomic E-state index is 10.00. The number of para-hydroxylation sites is 1. The number of aromatic hydroxyl groups is 1. The Bertz CT molecular complexity index is 386. The standard InChI is InChI=1S/C14H21NO2/c1-3-17-12-6-4-5-11(13(12)16)9-15-10-14(2)7-8-14/h4-6,15-16H,3,7-10H2,1-2H3. The lowest BCUT2D eigenvalue weighted by molar-refractivity contribution is 0.316. The summed E-state index contributed by atoms with van der Waals surface area (Å²) < 4.78 is 5.36. The zero-order valence-corrected chi connectivity index (χ0v) is 10.6. The van der Waals surface area contributed by atoms with Crippen molar-refractivity contribution < 1.29 is 9.84 Å². The molecule has 0 aromatic heterocycles. The van der Waals surface area contributed by atoms with E-state index in [1.54, 1.807) is 6.07 Å². The molecule has 0 bridgehead atoms. The fourth-order valence-corrected chi connectivity index (χ4v) is 1.87. The van der Waals surface area contributed by atoms with Gasteiger partial charge in [0.15, 0.2) is 11.5 Å². The van der Waals surface area contributed by atoms with Crippen molar-refractivity contribution in [3.63, 3.8) is 0 Å². The Morgan fingerprint density at radius 2 is 2.18 bits per heavy atom. The molecule has 1 fully saturated rings. The summed E-state index contributed by atoms with van der Waals surface area (Å²) in [4.78, 5) is 0. The first-order valence-electron chi connectivity index (χ1n) is 6.29. The fraction of sp³-hybridized carbons (Fsp3) is 0.571. The van der Waals surface area contributed by atoms with Crippen molar-refractivity contribution in [3.8, 4) is 11.5 Å². The van der Waals surface area contributed by atoms with Gasteiger partial charge in [0.25, 0.3) is 0 Å². The van der Waals surface area contributed by atoms with E-state index in [0.29, 0.717) is 24.3 Å². The number of ether oxygens (including phenoxy) is 1. The summed E-state index contributed by atoms with van der Waals surface area (Å²) in [6.07, 6.45) is 2.62. The molecule has 1 aliphatic carbocycles. The Labute approximate surface area is 103 Å². The third-order valence-electron chi connectivity index (χ3n) is 3.35. The molecule has 1 aromatic rings. The Kier molecular flexibility index (Phi) is 3.57. The second kappa shape index (κ2) is 4.96. The van der Waals surface area contributed by atoms with Crippen LogP contribution in [0.2, 0.25) is 0 Å². The molecule has 2 N–H and O–H groups in total. The van der Waals surface area contributed by atoms with Crippen molar-refractivity contribution in [1.82, 2.24) is 5.32 Å². The summed E-state index contributed by atoms with van der Waals surface area (Å²) in [6, 6.07) is 5.64. The van der Waals surface area contributed by atoms with Gasteiger partial charge < -0.3 is 15.2 Å². The van der Waals surface area contributed by atoms with Gasteiger partial charge in [-0.25, -0.2) is 0 Å². The molecule has 0 radical (unpaired) electrons. The molecule has 3 heteroatoms. The van der Waals surface area contributed by atoms with Crippen LogP contribution in [0, 0.1) is 5.41 Å². The zero-order valence-electron chi connectivity index (χ0n) is 10.6. The highest BCUT2D eigenvalue weighted by molar-refractivity contribution is 5.45. The summed E-state index contributed by atoms with van der Waals surface area (Å²) in [6.45, 7) is 6.49. The molecular formula is C14H21NO2. The minimum absolute atomic E-state index is 0.266. The number of hydrogen-bond donors (Lipinski definition) is 2. The fourth-order valence-electron chi connectivity index (χ4n) is 1.87. The van der Waals surface area contributed by atoms with Gasteiger partial charge in [0.1, 0.15) is 0 Å². The van der Waals surface area contributed by atoms with Crippen LogP contribution in [0.1, 0.15) is 32.3 Å².